The largest absolute Gasteiger partial charge is 0.272 e. The molecule has 1 atom stereocenters. The Morgan fingerprint density at radius 2 is 2.00 bits per heavy atom. The first-order chi connectivity index (χ1) is 9.27. The molecule has 4 heteroatoms. The van der Waals surface area contributed by atoms with Gasteiger partial charge in [0.1, 0.15) is 5.82 Å². The molecule has 1 aromatic carbocycles. The highest BCUT2D eigenvalue weighted by molar-refractivity contribution is 7.71. The van der Waals surface area contributed by atoms with Gasteiger partial charge >= 0.3 is 0 Å². The topological polar surface area (TPSA) is 33.6 Å². The Morgan fingerprint density at radius 3 is 2.63 bits per heavy atom. The molecule has 0 amide bonds. The van der Waals surface area contributed by atoms with E-state index in [4.69, 9.17) is 12.2 Å². The first-order valence-electron chi connectivity index (χ1n) is 7.00. The van der Waals surface area contributed by atoms with Crippen LogP contribution in [0.5, 0.6) is 0 Å². The van der Waals surface area contributed by atoms with Crippen molar-refractivity contribution in [3.63, 3.8) is 0 Å². The fraction of sp³-hybridized carbons (Fsp3) is 0.467. The lowest BCUT2D eigenvalue weighted by Crippen LogP contribution is -2.07. The summed E-state index contributed by atoms with van der Waals surface area (Å²) in [5.74, 6) is 1.53. The SMILES string of the molecule is CCCCC(CC)c1n[nH]c(=S)n1-c1ccccc1. The minimum Gasteiger partial charge on any atom is -0.272 e. The van der Waals surface area contributed by atoms with Crippen molar-refractivity contribution in [1.82, 2.24) is 14.8 Å². The van der Waals surface area contributed by atoms with E-state index in [9.17, 15) is 0 Å². The molecule has 2 rings (SSSR count). The molecule has 0 bridgehead atoms. The average Bonchev–Trinajstić information content (AvgIpc) is 2.83. The summed E-state index contributed by atoms with van der Waals surface area (Å²) in [6.45, 7) is 4.44. The van der Waals surface area contributed by atoms with E-state index >= 15 is 0 Å². The Hall–Kier alpha value is -1.42. The van der Waals surface area contributed by atoms with Gasteiger partial charge < -0.3 is 0 Å². The van der Waals surface area contributed by atoms with E-state index in [0.29, 0.717) is 10.7 Å². The molecule has 2 aromatic rings. The number of aromatic amines is 1. The molecule has 0 saturated heterocycles. The molecule has 19 heavy (non-hydrogen) atoms. The Labute approximate surface area is 119 Å². The molecule has 0 aliphatic rings. The van der Waals surface area contributed by atoms with Crippen molar-refractivity contribution in [2.24, 2.45) is 0 Å². The molecule has 0 radical (unpaired) electrons. The Kier molecular flexibility index (Phi) is 4.91. The summed E-state index contributed by atoms with van der Waals surface area (Å²) >= 11 is 5.38. The predicted molar refractivity (Wildman–Crippen MR) is 81.3 cm³/mol. The van der Waals surface area contributed by atoms with Crippen LogP contribution in [0.3, 0.4) is 0 Å². The van der Waals surface area contributed by atoms with Gasteiger partial charge in [0.25, 0.3) is 0 Å². The summed E-state index contributed by atoms with van der Waals surface area (Å²) in [7, 11) is 0. The van der Waals surface area contributed by atoms with E-state index in [2.05, 4.69) is 40.7 Å². The number of nitrogens with one attached hydrogen (secondary N) is 1. The minimum atomic E-state index is 0.466. The van der Waals surface area contributed by atoms with Crippen LogP contribution in [0, 0.1) is 4.77 Å². The number of nitrogens with zero attached hydrogens (tertiary/aromatic N) is 2. The third-order valence-electron chi connectivity index (χ3n) is 3.48. The van der Waals surface area contributed by atoms with Gasteiger partial charge in [-0.05, 0) is 37.2 Å². The van der Waals surface area contributed by atoms with E-state index in [1.54, 1.807) is 0 Å². The summed E-state index contributed by atoms with van der Waals surface area (Å²) < 4.78 is 2.75. The maximum Gasteiger partial charge on any atom is 0.199 e. The minimum absolute atomic E-state index is 0.466. The second-order valence-corrected chi connectivity index (χ2v) is 5.19. The summed E-state index contributed by atoms with van der Waals surface area (Å²) in [5.41, 5.74) is 1.09. The Morgan fingerprint density at radius 1 is 1.26 bits per heavy atom. The summed E-state index contributed by atoms with van der Waals surface area (Å²) in [5, 5.41) is 7.40. The molecule has 0 fully saturated rings. The van der Waals surface area contributed by atoms with Gasteiger partial charge in [0, 0.05) is 11.6 Å². The van der Waals surface area contributed by atoms with Crippen LogP contribution in [-0.4, -0.2) is 14.8 Å². The number of para-hydroxylation sites is 1. The number of hydrogen-bond acceptors (Lipinski definition) is 2. The molecule has 0 aliphatic carbocycles. The smallest absolute Gasteiger partial charge is 0.199 e. The van der Waals surface area contributed by atoms with Crippen molar-refractivity contribution in [3.05, 3.63) is 40.9 Å². The maximum atomic E-state index is 5.38. The maximum absolute atomic E-state index is 5.38. The van der Waals surface area contributed by atoms with Crippen LogP contribution in [0.4, 0.5) is 0 Å². The molecule has 0 spiro atoms. The van der Waals surface area contributed by atoms with Gasteiger partial charge in [-0.15, -0.1) is 0 Å². The molecule has 1 heterocycles. The third kappa shape index (κ3) is 3.13. The lowest BCUT2D eigenvalue weighted by atomic mass is 9.98. The van der Waals surface area contributed by atoms with Crippen LogP contribution in [0.15, 0.2) is 30.3 Å². The highest BCUT2D eigenvalue weighted by atomic mass is 32.1. The zero-order valence-corrected chi connectivity index (χ0v) is 12.4. The van der Waals surface area contributed by atoms with Gasteiger partial charge in [-0.2, -0.15) is 5.10 Å². The van der Waals surface area contributed by atoms with E-state index in [0.717, 1.165) is 17.9 Å². The standard InChI is InChI=1S/C15H21N3S/c1-3-5-9-12(4-2)14-16-17-15(19)18(14)13-10-7-6-8-11-13/h6-8,10-12H,3-5,9H2,1-2H3,(H,17,19). The second-order valence-electron chi connectivity index (χ2n) is 4.81. The number of hydrogen-bond donors (Lipinski definition) is 1. The molecule has 3 nitrogen and oxygen atoms in total. The Balaban J connectivity index is 2.39. The van der Waals surface area contributed by atoms with Crippen LogP contribution in [0.2, 0.25) is 0 Å². The predicted octanol–water partition coefficient (Wildman–Crippen LogP) is 4.61. The zero-order valence-electron chi connectivity index (χ0n) is 11.6. The normalized spacial score (nSPS) is 12.5. The first kappa shape index (κ1) is 14.0. The summed E-state index contributed by atoms with van der Waals surface area (Å²) in [6.07, 6.45) is 4.70. The molecule has 0 aliphatic heterocycles. The number of benzene rings is 1. The van der Waals surface area contributed by atoms with Gasteiger partial charge in [0.15, 0.2) is 4.77 Å². The molecular formula is C15H21N3S. The van der Waals surface area contributed by atoms with Crippen LogP contribution in [0.1, 0.15) is 51.3 Å². The summed E-state index contributed by atoms with van der Waals surface area (Å²) in [4.78, 5) is 0. The third-order valence-corrected chi connectivity index (χ3v) is 3.75. The molecule has 1 unspecified atom stereocenters. The van der Waals surface area contributed by atoms with Crippen LogP contribution < -0.4 is 0 Å². The Bertz CT molecular complexity index is 556. The zero-order chi connectivity index (χ0) is 13.7. The monoisotopic (exact) mass is 275 g/mol. The van der Waals surface area contributed by atoms with Crippen molar-refractivity contribution < 1.29 is 0 Å². The van der Waals surface area contributed by atoms with Gasteiger partial charge in [0.2, 0.25) is 0 Å². The van der Waals surface area contributed by atoms with E-state index in [-0.39, 0.29) is 0 Å². The lowest BCUT2D eigenvalue weighted by Gasteiger charge is -2.15. The number of H-pyrrole nitrogens is 1. The van der Waals surface area contributed by atoms with E-state index < -0.39 is 0 Å². The molecule has 1 aromatic heterocycles. The fourth-order valence-electron chi connectivity index (χ4n) is 2.38. The number of aromatic nitrogens is 3. The van der Waals surface area contributed by atoms with Crippen LogP contribution in [-0.2, 0) is 0 Å². The van der Waals surface area contributed by atoms with Crippen molar-refractivity contribution in [2.45, 2.75) is 45.4 Å². The van der Waals surface area contributed by atoms with Crippen molar-refractivity contribution in [3.8, 4) is 5.69 Å². The quantitative estimate of drug-likeness (QED) is 0.781. The second kappa shape index (κ2) is 6.66. The van der Waals surface area contributed by atoms with Crippen molar-refractivity contribution in [1.29, 1.82) is 0 Å². The molecule has 102 valence electrons. The summed E-state index contributed by atoms with van der Waals surface area (Å²) in [6, 6.07) is 10.2. The van der Waals surface area contributed by atoms with Crippen molar-refractivity contribution >= 4 is 12.2 Å². The molecule has 0 saturated carbocycles. The van der Waals surface area contributed by atoms with E-state index in [1.165, 1.54) is 19.3 Å². The van der Waals surface area contributed by atoms with Gasteiger partial charge in [-0.1, -0.05) is 44.9 Å². The molecule has 1 N–H and O–H groups in total. The fourth-order valence-corrected chi connectivity index (χ4v) is 2.62. The number of unbranched alkanes of at least 4 members (excludes halogenated alkanes) is 1. The highest BCUT2D eigenvalue weighted by Gasteiger charge is 2.17. The highest BCUT2D eigenvalue weighted by Crippen LogP contribution is 2.26. The van der Waals surface area contributed by atoms with Crippen LogP contribution >= 0.6 is 12.2 Å². The lowest BCUT2D eigenvalue weighted by molar-refractivity contribution is 0.535. The first-order valence-corrected chi connectivity index (χ1v) is 7.41. The van der Waals surface area contributed by atoms with E-state index in [1.807, 2.05) is 18.2 Å². The molecular weight excluding hydrogens is 254 g/mol. The van der Waals surface area contributed by atoms with Crippen LogP contribution in [0.25, 0.3) is 5.69 Å². The van der Waals surface area contributed by atoms with Gasteiger partial charge in [-0.25, -0.2) is 0 Å². The number of rotatable bonds is 6. The van der Waals surface area contributed by atoms with Gasteiger partial charge in [0.05, 0.1) is 0 Å². The van der Waals surface area contributed by atoms with Gasteiger partial charge in [-0.3, -0.25) is 9.67 Å². The van der Waals surface area contributed by atoms with Crippen molar-refractivity contribution in [2.75, 3.05) is 0 Å². The average molecular weight is 275 g/mol.